The maximum atomic E-state index is 11.9. The van der Waals surface area contributed by atoms with Crippen LogP contribution in [0.3, 0.4) is 0 Å². The molecule has 0 bridgehead atoms. The largest absolute Gasteiger partial charge is 0.479 e. The molecule has 2 rings (SSSR count). The number of carboxylic acids is 1. The molecule has 2 fully saturated rings. The molecule has 1 unspecified atom stereocenters. The molecule has 10 nitrogen and oxygen atoms in total. The minimum absolute atomic E-state index is 0.00165. The zero-order valence-electron chi connectivity index (χ0n) is 17.2. The summed E-state index contributed by atoms with van der Waals surface area (Å²) in [5.41, 5.74) is 5.70. The van der Waals surface area contributed by atoms with Crippen LogP contribution in [0, 0.1) is 0 Å². The number of carbonyl (C=O) groups is 4. The Balaban J connectivity index is 1.46. The van der Waals surface area contributed by atoms with Crippen molar-refractivity contribution in [3.05, 3.63) is 0 Å². The number of aliphatic carboxylic acids is 1. The van der Waals surface area contributed by atoms with Crippen LogP contribution in [0.4, 0.5) is 4.79 Å². The van der Waals surface area contributed by atoms with Crippen molar-refractivity contribution in [1.82, 2.24) is 16.0 Å². The van der Waals surface area contributed by atoms with Gasteiger partial charge in [0.05, 0.1) is 12.1 Å². The van der Waals surface area contributed by atoms with E-state index in [2.05, 4.69) is 16.0 Å². The third kappa shape index (κ3) is 7.67. The molecule has 0 saturated carbocycles. The van der Waals surface area contributed by atoms with Gasteiger partial charge in [-0.05, 0) is 39.0 Å². The molecule has 2 aliphatic rings. The Labute approximate surface area is 180 Å². The van der Waals surface area contributed by atoms with Crippen molar-refractivity contribution in [3.8, 4) is 0 Å². The number of esters is 1. The average Bonchev–Trinajstić information content (AvgIpc) is 3.23. The summed E-state index contributed by atoms with van der Waals surface area (Å²) in [5.74, 6) is -1.00. The van der Waals surface area contributed by atoms with Crippen molar-refractivity contribution in [1.29, 1.82) is 0 Å². The summed E-state index contributed by atoms with van der Waals surface area (Å²) in [7, 11) is 0. The van der Waals surface area contributed by atoms with Crippen LogP contribution in [0.2, 0.25) is 0 Å². The van der Waals surface area contributed by atoms with Crippen LogP contribution >= 0.6 is 11.8 Å². The predicted octanol–water partition coefficient (Wildman–Crippen LogP) is 0.342. The SMILES string of the molecule is CC(OC(=O)[C@@H](N)CCCCNC(=O)CCCC[C@@H]1SC[C@@H]2NC(=O)N[C@@H]21)C(=O)O. The first-order valence-corrected chi connectivity index (χ1v) is 11.5. The maximum Gasteiger partial charge on any atom is 0.344 e. The first-order valence-electron chi connectivity index (χ1n) is 10.4. The summed E-state index contributed by atoms with van der Waals surface area (Å²) < 4.78 is 4.73. The van der Waals surface area contributed by atoms with Gasteiger partial charge in [0.2, 0.25) is 5.91 Å². The number of thioether (sulfide) groups is 1. The second kappa shape index (κ2) is 12.0. The molecular formula is C19H32N4O6S. The monoisotopic (exact) mass is 444 g/mol. The topological polar surface area (TPSA) is 160 Å². The van der Waals surface area contributed by atoms with Crippen molar-refractivity contribution in [3.63, 3.8) is 0 Å². The normalized spacial score (nSPS) is 24.3. The highest BCUT2D eigenvalue weighted by Crippen LogP contribution is 2.33. The number of carbonyl (C=O) groups excluding carboxylic acids is 3. The van der Waals surface area contributed by atoms with Gasteiger partial charge >= 0.3 is 18.0 Å². The highest BCUT2D eigenvalue weighted by Gasteiger charge is 2.42. The Morgan fingerprint density at radius 3 is 2.77 bits per heavy atom. The number of carboxylic acid groups (broad SMARTS) is 1. The summed E-state index contributed by atoms with van der Waals surface area (Å²) in [5, 5.41) is 17.9. The summed E-state index contributed by atoms with van der Waals surface area (Å²) in [6.45, 7) is 1.78. The van der Waals surface area contributed by atoms with Crippen molar-refractivity contribution >= 4 is 35.6 Å². The minimum Gasteiger partial charge on any atom is -0.479 e. The van der Waals surface area contributed by atoms with Gasteiger partial charge in [-0.25, -0.2) is 9.59 Å². The fourth-order valence-electron chi connectivity index (χ4n) is 3.51. The molecule has 30 heavy (non-hydrogen) atoms. The molecule has 2 heterocycles. The van der Waals surface area contributed by atoms with E-state index in [4.69, 9.17) is 15.6 Å². The summed E-state index contributed by atoms with van der Waals surface area (Å²) >= 11 is 1.87. The number of nitrogens with two attached hydrogens (primary N) is 1. The number of rotatable bonds is 13. The number of amides is 3. The van der Waals surface area contributed by atoms with Crippen LogP contribution in [0.5, 0.6) is 0 Å². The van der Waals surface area contributed by atoms with E-state index in [1.54, 1.807) is 0 Å². The van der Waals surface area contributed by atoms with Gasteiger partial charge in [-0.1, -0.05) is 6.42 Å². The van der Waals surface area contributed by atoms with Crippen molar-refractivity contribution < 1.29 is 29.0 Å². The summed E-state index contributed by atoms with van der Waals surface area (Å²) in [6, 6.07) is -0.517. The summed E-state index contributed by atoms with van der Waals surface area (Å²) in [6.07, 6.45) is 3.65. The van der Waals surface area contributed by atoms with E-state index in [0.717, 1.165) is 25.0 Å². The fourth-order valence-corrected chi connectivity index (χ4v) is 5.05. The first-order chi connectivity index (χ1) is 14.3. The van der Waals surface area contributed by atoms with Gasteiger partial charge in [-0.15, -0.1) is 0 Å². The van der Waals surface area contributed by atoms with Crippen molar-refractivity contribution in [2.75, 3.05) is 12.3 Å². The second-order valence-electron chi connectivity index (χ2n) is 7.74. The number of hydrogen-bond acceptors (Lipinski definition) is 7. The molecule has 11 heteroatoms. The van der Waals surface area contributed by atoms with E-state index in [-0.39, 0.29) is 24.0 Å². The lowest BCUT2D eigenvalue weighted by molar-refractivity contribution is -0.163. The van der Waals surface area contributed by atoms with Crippen molar-refractivity contribution in [2.45, 2.75) is 81.3 Å². The zero-order chi connectivity index (χ0) is 22.1. The van der Waals surface area contributed by atoms with Gasteiger partial charge in [-0.2, -0.15) is 11.8 Å². The van der Waals surface area contributed by atoms with Crippen LogP contribution in [0.15, 0.2) is 0 Å². The number of fused-ring (bicyclic) bond motifs is 1. The molecule has 0 aromatic heterocycles. The second-order valence-corrected chi connectivity index (χ2v) is 9.01. The van der Waals surface area contributed by atoms with Gasteiger partial charge in [0.1, 0.15) is 6.04 Å². The summed E-state index contributed by atoms with van der Waals surface area (Å²) in [4.78, 5) is 45.6. The fraction of sp³-hybridized carbons (Fsp3) is 0.789. The number of unbranched alkanes of at least 4 members (excludes halogenated alkanes) is 2. The van der Waals surface area contributed by atoms with E-state index in [0.29, 0.717) is 37.5 Å². The average molecular weight is 445 g/mol. The minimum atomic E-state index is -1.22. The van der Waals surface area contributed by atoms with E-state index in [1.807, 2.05) is 11.8 Å². The van der Waals surface area contributed by atoms with Crippen LogP contribution in [0.25, 0.3) is 0 Å². The molecular weight excluding hydrogens is 412 g/mol. The zero-order valence-corrected chi connectivity index (χ0v) is 18.0. The van der Waals surface area contributed by atoms with Crippen LogP contribution < -0.4 is 21.7 Å². The van der Waals surface area contributed by atoms with E-state index in [1.165, 1.54) is 6.92 Å². The molecule has 0 aromatic carbocycles. The number of nitrogens with one attached hydrogen (secondary N) is 3. The molecule has 0 aromatic rings. The van der Waals surface area contributed by atoms with E-state index < -0.39 is 24.1 Å². The Kier molecular flexibility index (Phi) is 9.70. The molecule has 2 aliphatic heterocycles. The van der Waals surface area contributed by atoms with Crippen LogP contribution in [-0.2, 0) is 19.1 Å². The van der Waals surface area contributed by atoms with Gasteiger partial charge < -0.3 is 31.5 Å². The smallest absolute Gasteiger partial charge is 0.344 e. The molecule has 3 amide bonds. The lowest BCUT2D eigenvalue weighted by Gasteiger charge is -2.16. The van der Waals surface area contributed by atoms with Gasteiger partial charge in [0.25, 0.3) is 0 Å². The highest BCUT2D eigenvalue weighted by atomic mass is 32.2. The quantitative estimate of drug-likeness (QED) is 0.154. The maximum absolute atomic E-state index is 11.9. The Morgan fingerprint density at radius 2 is 2.03 bits per heavy atom. The van der Waals surface area contributed by atoms with Crippen LogP contribution in [0.1, 0.15) is 51.9 Å². The van der Waals surface area contributed by atoms with E-state index >= 15 is 0 Å². The molecule has 0 radical (unpaired) electrons. The standard InChI is InChI=1S/C19H32N4O6S/c1-11(17(25)26)29-18(27)12(20)6-4-5-9-21-15(24)8-3-2-7-14-16-13(10-30-14)22-19(28)23-16/h11-14,16H,2-10,20H2,1H3,(H,21,24)(H,25,26)(H2,22,23,28)/t11?,12-,13-,14-,16-/m0/s1. The Bertz CT molecular complexity index is 634. The first kappa shape index (κ1) is 24.3. The molecule has 2 saturated heterocycles. The van der Waals surface area contributed by atoms with Crippen LogP contribution in [-0.4, -0.2) is 70.8 Å². The predicted molar refractivity (Wildman–Crippen MR) is 112 cm³/mol. The lowest BCUT2D eigenvalue weighted by Crippen LogP contribution is -2.36. The lowest BCUT2D eigenvalue weighted by atomic mass is 10.0. The van der Waals surface area contributed by atoms with Gasteiger partial charge in [-0.3, -0.25) is 9.59 Å². The Morgan fingerprint density at radius 1 is 1.27 bits per heavy atom. The van der Waals surface area contributed by atoms with Crippen molar-refractivity contribution in [2.24, 2.45) is 5.73 Å². The molecule has 6 N–H and O–H groups in total. The Hall–Kier alpha value is -2.01. The number of hydrogen-bond donors (Lipinski definition) is 5. The third-order valence-electron chi connectivity index (χ3n) is 5.29. The highest BCUT2D eigenvalue weighted by molar-refractivity contribution is 8.00. The molecule has 5 atom stereocenters. The molecule has 170 valence electrons. The van der Waals surface area contributed by atoms with Gasteiger partial charge in [0, 0.05) is 24.0 Å². The third-order valence-corrected chi connectivity index (χ3v) is 6.80. The molecule has 0 spiro atoms. The number of urea groups is 1. The number of ether oxygens (including phenoxy) is 1. The van der Waals surface area contributed by atoms with Gasteiger partial charge in [0.15, 0.2) is 6.10 Å². The van der Waals surface area contributed by atoms with E-state index in [9.17, 15) is 19.2 Å². The molecule has 0 aliphatic carbocycles.